The van der Waals surface area contributed by atoms with E-state index in [1.807, 2.05) is 19.9 Å². The van der Waals surface area contributed by atoms with Gasteiger partial charge in [-0.05, 0) is 20.3 Å². The number of amides is 1. The van der Waals surface area contributed by atoms with Gasteiger partial charge in [-0.2, -0.15) is 5.26 Å². The van der Waals surface area contributed by atoms with Crippen molar-refractivity contribution in [3.8, 4) is 6.07 Å². The first-order chi connectivity index (χ1) is 6.63. The van der Waals surface area contributed by atoms with Gasteiger partial charge < -0.3 is 9.64 Å². The number of ether oxygens (including phenoxy) is 1. The number of nitriles is 1. The van der Waals surface area contributed by atoms with Crippen LogP contribution in [0, 0.1) is 11.3 Å². The van der Waals surface area contributed by atoms with Gasteiger partial charge in [0.15, 0.2) is 0 Å². The summed E-state index contributed by atoms with van der Waals surface area (Å²) < 4.78 is 4.86. The Morgan fingerprint density at radius 1 is 1.57 bits per heavy atom. The second kappa shape index (κ2) is 7.34. The van der Waals surface area contributed by atoms with E-state index in [1.165, 1.54) is 0 Å². The Labute approximate surface area is 85.5 Å². The highest BCUT2D eigenvalue weighted by Gasteiger charge is 2.15. The second-order valence-electron chi connectivity index (χ2n) is 3.37. The predicted octanol–water partition coefficient (Wildman–Crippen LogP) is 1.17. The third kappa shape index (κ3) is 4.83. The van der Waals surface area contributed by atoms with Crippen molar-refractivity contribution in [1.29, 1.82) is 5.26 Å². The Kier molecular flexibility index (Phi) is 6.77. The first-order valence-corrected chi connectivity index (χ1v) is 4.78. The van der Waals surface area contributed by atoms with E-state index in [1.54, 1.807) is 12.0 Å². The Morgan fingerprint density at radius 3 is 2.64 bits per heavy atom. The van der Waals surface area contributed by atoms with Crippen LogP contribution in [0.3, 0.4) is 0 Å². The molecule has 0 aromatic heterocycles. The molecule has 0 fully saturated rings. The number of rotatable bonds is 6. The third-order valence-electron chi connectivity index (χ3n) is 1.92. The minimum Gasteiger partial charge on any atom is -0.385 e. The monoisotopic (exact) mass is 198 g/mol. The number of hydrogen-bond acceptors (Lipinski definition) is 3. The number of methoxy groups -OCH3 is 1. The molecule has 0 rings (SSSR count). The fourth-order valence-corrected chi connectivity index (χ4v) is 1.15. The van der Waals surface area contributed by atoms with E-state index in [4.69, 9.17) is 10.00 Å². The maximum atomic E-state index is 11.6. The maximum absolute atomic E-state index is 11.6. The molecule has 0 spiro atoms. The summed E-state index contributed by atoms with van der Waals surface area (Å²) in [4.78, 5) is 13.1. The molecule has 0 saturated carbocycles. The Balaban J connectivity index is 3.97. The minimum absolute atomic E-state index is 0.0265. The van der Waals surface area contributed by atoms with Crippen molar-refractivity contribution in [3.63, 3.8) is 0 Å². The SMILES string of the molecule is COCCCC(=O)N(CC#N)C(C)C. The fraction of sp³-hybridized carbons (Fsp3) is 0.800. The molecule has 0 saturated heterocycles. The van der Waals surface area contributed by atoms with Gasteiger partial charge in [-0.25, -0.2) is 0 Å². The smallest absolute Gasteiger partial charge is 0.223 e. The molecule has 0 heterocycles. The van der Waals surface area contributed by atoms with Crippen molar-refractivity contribution < 1.29 is 9.53 Å². The Morgan fingerprint density at radius 2 is 2.21 bits per heavy atom. The highest BCUT2D eigenvalue weighted by atomic mass is 16.5. The van der Waals surface area contributed by atoms with Gasteiger partial charge in [0.1, 0.15) is 6.54 Å². The van der Waals surface area contributed by atoms with E-state index in [0.29, 0.717) is 19.4 Å². The Hall–Kier alpha value is -1.08. The highest BCUT2D eigenvalue weighted by molar-refractivity contribution is 5.76. The maximum Gasteiger partial charge on any atom is 0.223 e. The van der Waals surface area contributed by atoms with Crippen molar-refractivity contribution in [1.82, 2.24) is 4.90 Å². The third-order valence-corrected chi connectivity index (χ3v) is 1.92. The molecule has 0 N–H and O–H groups in total. The lowest BCUT2D eigenvalue weighted by atomic mass is 10.2. The molecule has 0 aliphatic heterocycles. The average Bonchev–Trinajstić information content (AvgIpc) is 2.13. The van der Waals surface area contributed by atoms with Gasteiger partial charge in [0, 0.05) is 26.2 Å². The summed E-state index contributed by atoms with van der Waals surface area (Å²) in [5, 5.41) is 8.54. The standard InChI is InChI=1S/C10H18N2O2/c1-9(2)12(7-6-11)10(13)5-4-8-14-3/h9H,4-5,7-8H2,1-3H3. The zero-order valence-corrected chi connectivity index (χ0v) is 9.12. The quantitative estimate of drug-likeness (QED) is 0.475. The summed E-state index contributed by atoms with van der Waals surface area (Å²) in [7, 11) is 1.61. The van der Waals surface area contributed by atoms with E-state index in [-0.39, 0.29) is 18.5 Å². The Bertz CT molecular complexity index is 209. The average molecular weight is 198 g/mol. The highest BCUT2D eigenvalue weighted by Crippen LogP contribution is 2.03. The lowest BCUT2D eigenvalue weighted by molar-refractivity contribution is -0.132. The van der Waals surface area contributed by atoms with Crippen LogP contribution in [0.2, 0.25) is 0 Å². The molecule has 0 aromatic rings. The van der Waals surface area contributed by atoms with Gasteiger partial charge in [0.2, 0.25) is 5.91 Å². The number of nitrogens with zero attached hydrogens (tertiary/aromatic N) is 2. The van der Waals surface area contributed by atoms with Crippen LogP contribution < -0.4 is 0 Å². The first-order valence-electron chi connectivity index (χ1n) is 4.78. The molecule has 14 heavy (non-hydrogen) atoms. The van der Waals surface area contributed by atoms with Crippen molar-refractivity contribution in [2.45, 2.75) is 32.7 Å². The summed E-state index contributed by atoms with van der Waals surface area (Å²) in [6, 6.07) is 2.08. The second-order valence-corrected chi connectivity index (χ2v) is 3.37. The van der Waals surface area contributed by atoms with Crippen LogP contribution >= 0.6 is 0 Å². The van der Waals surface area contributed by atoms with E-state index in [2.05, 4.69) is 0 Å². The largest absolute Gasteiger partial charge is 0.385 e. The fourth-order valence-electron chi connectivity index (χ4n) is 1.15. The normalized spacial score (nSPS) is 9.93. The van der Waals surface area contributed by atoms with Gasteiger partial charge in [0.05, 0.1) is 6.07 Å². The number of carbonyl (C=O) groups is 1. The molecule has 0 aliphatic rings. The lowest BCUT2D eigenvalue weighted by Gasteiger charge is -2.23. The topological polar surface area (TPSA) is 53.3 Å². The first kappa shape index (κ1) is 12.9. The molecule has 80 valence electrons. The minimum atomic E-state index is 0.0265. The summed E-state index contributed by atoms with van der Waals surface area (Å²) in [5.74, 6) is 0.0265. The van der Waals surface area contributed by atoms with Gasteiger partial charge in [-0.1, -0.05) is 0 Å². The van der Waals surface area contributed by atoms with E-state index >= 15 is 0 Å². The molecule has 0 bridgehead atoms. The van der Waals surface area contributed by atoms with Crippen molar-refractivity contribution >= 4 is 5.91 Å². The van der Waals surface area contributed by atoms with Crippen LogP contribution in [0.4, 0.5) is 0 Å². The zero-order chi connectivity index (χ0) is 11.0. The van der Waals surface area contributed by atoms with Gasteiger partial charge in [-0.3, -0.25) is 4.79 Å². The van der Waals surface area contributed by atoms with Gasteiger partial charge in [-0.15, -0.1) is 0 Å². The van der Waals surface area contributed by atoms with Crippen molar-refractivity contribution in [3.05, 3.63) is 0 Å². The van der Waals surface area contributed by atoms with Crippen LogP contribution in [0.25, 0.3) is 0 Å². The van der Waals surface area contributed by atoms with Gasteiger partial charge >= 0.3 is 0 Å². The number of hydrogen-bond donors (Lipinski definition) is 0. The molecular weight excluding hydrogens is 180 g/mol. The molecule has 4 heteroatoms. The summed E-state index contributed by atoms with van der Waals surface area (Å²) in [5.41, 5.74) is 0. The molecule has 0 aromatic carbocycles. The molecule has 0 atom stereocenters. The molecule has 0 aliphatic carbocycles. The van der Waals surface area contributed by atoms with E-state index in [9.17, 15) is 4.79 Å². The number of carbonyl (C=O) groups excluding carboxylic acids is 1. The predicted molar refractivity (Wildman–Crippen MR) is 53.6 cm³/mol. The van der Waals surface area contributed by atoms with Crippen molar-refractivity contribution in [2.75, 3.05) is 20.3 Å². The van der Waals surface area contributed by atoms with Crippen LogP contribution in [-0.2, 0) is 9.53 Å². The summed E-state index contributed by atoms with van der Waals surface area (Å²) in [6.07, 6.45) is 1.16. The molecule has 4 nitrogen and oxygen atoms in total. The van der Waals surface area contributed by atoms with Crippen LogP contribution in [0.5, 0.6) is 0 Å². The van der Waals surface area contributed by atoms with Gasteiger partial charge in [0.25, 0.3) is 0 Å². The molecular formula is C10H18N2O2. The van der Waals surface area contributed by atoms with Crippen molar-refractivity contribution in [2.24, 2.45) is 0 Å². The lowest BCUT2D eigenvalue weighted by Crippen LogP contribution is -2.37. The molecule has 0 radical (unpaired) electrons. The summed E-state index contributed by atoms with van der Waals surface area (Å²) in [6.45, 7) is 4.57. The molecule has 0 unspecified atom stereocenters. The molecule has 1 amide bonds. The van der Waals surface area contributed by atoms with Crippen LogP contribution in [-0.4, -0.2) is 37.1 Å². The zero-order valence-electron chi connectivity index (χ0n) is 9.12. The van der Waals surface area contributed by atoms with Crippen LogP contribution in [0.1, 0.15) is 26.7 Å². The van der Waals surface area contributed by atoms with E-state index < -0.39 is 0 Å². The van der Waals surface area contributed by atoms with Crippen LogP contribution in [0.15, 0.2) is 0 Å². The van der Waals surface area contributed by atoms with E-state index in [0.717, 1.165) is 0 Å². The summed E-state index contributed by atoms with van der Waals surface area (Å²) >= 11 is 0.